The van der Waals surface area contributed by atoms with Crippen LogP contribution in [0.5, 0.6) is 0 Å². The number of anilines is 2. The number of carboxylic acid groups (broad SMARTS) is 1. The lowest BCUT2D eigenvalue weighted by atomic mass is 9.82. The fourth-order valence-corrected chi connectivity index (χ4v) is 4.85. The quantitative estimate of drug-likeness (QED) is 0.670. The van der Waals surface area contributed by atoms with E-state index in [4.69, 9.17) is 5.73 Å². The summed E-state index contributed by atoms with van der Waals surface area (Å²) in [5.74, 6) is -0.326. The van der Waals surface area contributed by atoms with Gasteiger partial charge in [-0.2, -0.15) is 0 Å². The molecule has 1 amide bonds. The third-order valence-electron chi connectivity index (χ3n) is 5.48. The van der Waals surface area contributed by atoms with Gasteiger partial charge in [0.15, 0.2) is 0 Å². The summed E-state index contributed by atoms with van der Waals surface area (Å²) in [4.78, 5) is 28.0. The molecule has 1 aromatic heterocycles. The van der Waals surface area contributed by atoms with Crippen LogP contribution in [0.4, 0.5) is 11.4 Å². The van der Waals surface area contributed by atoms with Crippen molar-refractivity contribution in [2.45, 2.75) is 52.5 Å². The van der Waals surface area contributed by atoms with Crippen LogP contribution in [0, 0.1) is 11.8 Å². The Balaban J connectivity index is 1.99. The minimum absolute atomic E-state index is 0.0277. The van der Waals surface area contributed by atoms with Crippen LogP contribution in [0.15, 0.2) is 30.3 Å². The molecule has 1 heterocycles. The van der Waals surface area contributed by atoms with Gasteiger partial charge in [-0.05, 0) is 69.2 Å². The van der Waals surface area contributed by atoms with Gasteiger partial charge in [0.25, 0.3) is 0 Å². The van der Waals surface area contributed by atoms with E-state index in [0.717, 1.165) is 36.1 Å². The van der Waals surface area contributed by atoms with E-state index in [2.05, 4.69) is 6.92 Å². The van der Waals surface area contributed by atoms with Crippen molar-refractivity contribution in [3.63, 3.8) is 0 Å². The predicted octanol–water partition coefficient (Wildman–Crippen LogP) is 5.26. The Morgan fingerprint density at radius 3 is 2.29 bits per heavy atom. The number of carbonyl (C=O) groups is 2. The summed E-state index contributed by atoms with van der Waals surface area (Å²) in [5, 5.41) is 9.78. The molecule has 1 aliphatic carbocycles. The summed E-state index contributed by atoms with van der Waals surface area (Å²) >= 11 is 1.20. The number of carbonyl (C=O) groups excluding carboxylic acids is 1. The minimum Gasteiger partial charge on any atom is -0.477 e. The van der Waals surface area contributed by atoms with Gasteiger partial charge < -0.3 is 15.7 Å². The van der Waals surface area contributed by atoms with Crippen molar-refractivity contribution in [2.75, 3.05) is 10.6 Å². The molecule has 0 unspecified atom stereocenters. The average Bonchev–Trinajstić information content (AvgIpc) is 3.07. The van der Waals surface area contributed by atoms with Crippen LogP contribution in [-0.2, 0) is 4.79 Å². The van der Waals surface area contributed by atoms with Crippen LogP contribution in [0.1, 0.15) is 56.1 Å². The SMILES string of the molecule is CC(C)N(c1cc(-c2ccc(N)cc2)sc1C(=O)O)C(=O)[C@H]1CC[C@H](C)CC1. The normalized spacial score (nSPS) is 19.6. The second-order valence-electron chi connectivity index (χ2n) is 8.01. The van der Waals surface area contributed by atoms with E-state index in [0.29, 0.717) is 17.3 Å². The number of aromatic carboxylic acids is 1. The van der Waals surface area contributed by atoms with Crippen LogP contribution >= 0.6 is 11.3 Å². The maximum Gasteiger partial charge on any atom is 0.348 e. The zero-order chi connectivity index (χ0) is 20.4. The number of carboxylic acids is 1. The Morgan fingerprint density at radius 2 is 1.75 bits per heavy atom. The molecule has 0 bridgehead atoms. The highest BCUT2D eigenvalue weighted by molar-refractivity contribution is 7.18. The lowest BCUT2D eigenvalue weighted by Gasteiger charge is -2.33. The summed E-state index contributed by atoms with van der Waals surface area (Å²) in [6.45, 7) is 6.10. The Morgan fingerprint density at radius 1 is 1.14 bits per heavy atom. The summed E-state index contributed by atoms with van der Waals surface area (Å²) in [6, 6.07) is 9.07. The van der Waals surface area contributed by atoms with Gasteiger partial charge in [-0.1, -0.05) is 19.1 Å². The standard InChI is InChI=1S/C22H28N2O3S/c1-13(2)24(21(25)16-6-4-14(3)5-7-16)18-12-19(28-20(18)22(26)27)15-8-10-17(23)11-9-15/h8-14,16H,4-7,23H2,1-3H3,(H,26,27)/t14-,16-. The highest BCUT2D eigenvalue weighted by Crippen LogP contribution is 2.40. The van der Waals surface area contributed by atoms with E-state index >= 15 is 0 Å². The van der Waals surface area contributed by atoms with Gasteiger partial charge in [0, 0.05) is 22.5 Å². The lowest BCUT2D eigenvalue weighted by Crippen LogP contribution is -2.42. The average molecular weight is 401 g/mol. The van der Waals surface area contributed by atoms with Crippen molar-refractivity contribution in [3.8, 4) is 10.4 Å². The van der Waals surface area contributed by atoms with Crippen LogP contribution in [0.3, 0.4) is 0 Å². The van der Waals surface area contributed by atoms with Crippen molar-refractivity contribution in [1.82, 2.24) is 0 Å². The van der Waals surface area contributed by atoms with Gasteiger partial charge in [-0.15, -0.1) is 11.3 Å². The monoisotopic (exact) mass is 400 g/mol. The van der Waals surface area contributed by atoms with Crippen molar-refractivity contribution in [3.05, 3.63) is 35.2 Å². The van der Waals surface area contributed by atoms with Crippen LogP contribution in [0.2, 0.25) is 0 Å². The molecular weight excluding hydrogens is 372 g/mol. The second kappa shape index (κ2) is 8.35. The van der Waals surface area contributed by atoms with Gasteiger partial charge in [0.2, 0.25) is 5.91 Å². The van der Waals surface area contributed by atoms with E-state index in [1.54, 1.807) is 17.0 Å². The number of hydrogen-bond acceptors (Lipinski definition) is 4. The topological polar surface area (TPSA) is 83.6 Å². The Kier molecular flexibility index (Phi) is 6.08. The molecule has 0 aliphatic heterocycles. The Bertz CT molecular complexity index is 849. The summed E-state index contributed by atoms with van der Waals surface area (Å²) in [7, 11) is 0. The minimum atomic E-state index is -1.00. The fourth-order valence-electron chi connectivity index (χ4n) is 3.86. The van der Waals surface area contributed by atoms with Crippen LogP contribution in [-0.4, -0.2) is 23.0 Å². The fraction of sp³-hybridized carbons (Fsp3) is 0.455. The molecule has 28 heavy (non-hydrogen) atoms. The molecule has 1 saturated carbocycles. The molecule has 3 rings (SSSR count). The first-order chi connectivity index (χ1) is 13.3. The number of rotatable bonds is 5. The van der Waals surface area contributed by atoms with Crippen molar-refractivity contribution in [1.29, 1.82) is 0 Å². The molecule has 5 nitrogen and oxygen atoms in total. The molecule has 0 radical (unpaired) electrons. The third kappa shape index (κ3) is 4.22. The van der Waals surface area contributed by atoms with Crippen LogP contribution in [0.25, 0.3) is 10.4 Å². The number of amides is 1. The molecule has 0 saturated heterocycles. The van der Waals surface area contributed by atoms with E-state index in [-0.39, 0.29) is 22.7 Å². The first-order valence-corrected chi connectivity index (χ1v) is 10.7. The molecular formula is C22H28N2O3S. The number of benzene rings is 1. The second-order valence-corrected chi connectivity index (χ2v) is 9.06. The Labute approximate surface area is 170 Å². The van der Waals surface area contributed by atoms with Crippen molar-refractivity contribution >= 4 is 34.6 Å². The van der Waals surface area contributed by atoms with E-state index < -0.39 is 5.97 Å². The van der Waals surface area contributed by atoms with Gasteiger partial charge in [-0.3, -0.25) is 4.79 Å². The van der Waals surface area contributed by atoms with Gasteiger partial charge in [0.1, 0.15) is 4.88 Å². The lowest BCUT2D eigenvalue weighted by molar-refractivity contribution is -0.123. The zero-order valence-corrected chi connectivity index (χ0v) is 17.5. The van der Waals surface area contributed by atoms with Crippen molar-refractivity contribution in [2.24, 2.45) is 11.8 Å². The van der Waals surface area contributed by atoms with Gasteiger partial charge >= 0.3 is 5.97 Å². The van der Waals surface area contributed by atoms with E-state index in [1.165, 1.54) is 11.3 Å². The number of nitrogen functional groups attached to an aromatic ring is 1. The molecule has 1 fully saturated rings. The van der Waals surface area contributed by atoms with Crippen molar-refractivity contribution < 1.29 is 14.7 Å². The maximum atomic E-state index is 13.3. The smallest absolute Gasteiger partial charge is 0.348 e. The number of hydrogen-bond donors (Lipinski definition) is 2. The van der Waals surface area contributed by atoms with Gasteiger partial charge in [-0.25, -0.2) is 4.79 Å². The van der Waals surface area contributed by atoms with E-state index in [1.807, 2.05) is 32.0 Å². The molecule has 2 aromatic rings. The molecule has 0 atom stereocenters. The third-order valence-corrected chi connectivity index (χ3v) is 6.64. The molecule has 6 heteroatoms. The van der Waals surface area contributed by atoms with E-state index in [9.17, 15) is 14.7 Å². The molecule has 1 aliphatic rings. The highest BCUT2D eigenvalue weighted by Gasteiger charge is 2.33. The zero-order valence-electron chi connectivity index (χ0n) is 16.6. The number of nitrogens with two attached hydrogens (primary N) is 1. The molecule has 0 spiro atoms. The Hall–Kier alpha value is -2.34. The highest BCUT2D eigenvalue weighted by atomic mass is 32.1. The first kappa shape index (κ1) is 20.4. The summed E-state index contributed by atoms with van der Waals surface area (Å²) in [5.41, 5.74) is 7.82. The molecule has 1 aromatic carbocycles. The maximum absolute atomic E-state index is 13.3. The molecule has 150 valence electrons. The largest absolute Gasteiger partial charge is 0.477 e. The van der Waals surface area contributed by atoms with Gasteiger partial charge in [0.05, 0.1) is 5.69 Å². The summed E-state index contributed by atoms with van der Waals surface area (Å²) in [6.07, 6.45) is 3.85. The van der Waals surface area contributed by atoms with Crippen LogP contribution < -0.4 is 10.6 Å². The number of nitrogens with zero attached hydrogens (tertiary/aromatic N) is 1. The predicted molar refractivity (Wildman–Crippen MR) is 115 cm³/mol. The molecule has 3 N–H and O–H groups in total. The summed E-state index contributed by atoms with van der Waals surface area (Å²) < 4.78 is 0. The first-order valence-electron chi connectivity index (χ1n) is 9.84. The number of thiophene rings is 1.